The Bertz CT molecular complexity index is 81.3. The molecule has 57 valence electrons. The summed E-state index contributed by atoms with van der Waals surface area (Å²) in [7, 11) is 0. The number of carbonyl (C=O) groups excluding carboxylic acids is 1. The van der Waals surface area contributed by atoms with E-state index in [1.807, 2.05) is 0 Å². The average Bonchev–Trinajstić information content (AvgIpc) is 1.80. The van der Waals surface area contributed by atoms with Crippen molar-refractivity contribution in [1.29, 1.82) is 0 Å². The first kappa shape index (κ1) is 13.4. The SMILES string of the molecule is [CH2-]CC[CH-]CCC(C)=O.[Y]. The van der Waals surface area contributed by atoms with Gasteiger partial charge in [-0.3, -0.25) is 0 Å². The van der Waals surface area contributed by atoms with Crippen LogP contribution in [0.4, 0.5) is 0 Å². The van der Waals surface area contributed by atoms with Crippen LogP contribution in [0.1, 0.15) is 32.6 Å². The van der Waals surface area contributed by atoms with Gasteiger partial charge in [-0.2, -0.15) is 6.42 Å². The van der Waals surface area contributed by atoms with E-state index in [1.165, 1.54) is 0 Å². The van der Waals surface area contributed by atoms with E-state index in [9.17, 15) is 4.79 Å². The van der Waals surface area contributed by atoms with Crippen molar-refractivity contribution in [2.24, 2.45) is 0 Å². The number of Topliss-reactive ketones (excluding diaryl/α,β-unsaturated/α-hetero) is 1. The van der Waals surface area contributed by atoms with Crippen LogP contribution in [0.3, 0.4) is 0 Å². The average molecular weight is 215 g/mol. The third-order valence-electron chi connectivity index (χ3n) is 1.11. The van der Waals surface area contributed by atoms with Gasteiger partial charge in [0.2, 0.25) is 0 Å². The molecule has 10 heavy (non-hydrogen) atoms. The zero-order chi connectivity index (χ0) is 7.11. The molecular weight excluding hydrogens is 201 g/mol. The first-order valence-electron chi connectivity index (χ1n) is 3.37. The zero-order valence-corrected chi connectivity index (χ0v) is 9.44. The number of hydrogen-bond acceptors (Lipinski definition) is 1. The van der Waals surface area contributed by atoms with E-state index in [-0.39, 0.29) is 38.5 Å². The Hall–Kier alpha value is 0.774. The fourth-order valence-corrected chi connectivity index (χ4v) is 0.594. The normalized spacial score (nSPS) is 8.60. The maximum atomic E-state index is 10.4. The molecule has 0 atom stereocenters. The van der Waals surface area contributed by atoms with Crippen LogP contribution >= 0.6 is 0 Å². The standard InChI is InChI=1S/C8H14O.Y/c1-3-4-5-6-7-8(2)9;/h5H,1,3-4,6-7H2,2H3;/q-2;. The van der Waals surface area contributed by atoms with Crippen molar-refractivity contribution in [3.8, 4) is 0 Å². The summed E-state index contributed by atoms with van der Waals surface area (Å²) in [5.74, 6) is 0.273. The van der Waals surface area contributed by atoms with E-state index in [0.29, 0.717) is 6.42 Å². The molecular formula is C8H14OY-2. The van der Waals surface area contributed by atoms with Crippen LogP contribution < -0.4 is 0 Å². The predicted molar refractivity (Wildman–Crippen MR) is 38.8 cm³/mol. The van der Waals surface area contributed by atoms with E-state index in [1.54, 1.807) is 6.92 Å². The number of hydrogen-bond donors (Lipinski definition) is 0. The summed E-state index contributed by atoms with van der Waals surface area (Å²) in [6.45, 7) is 5.31. The summed E-state index contributed by atoms with van der Waals surface area (Å²) in [6, 6.07) is 0. The largest absolute Gasteiger partial charge is 0.346 e. The molecule has 0 bridgehead atoms. The number of ketones is 1. The second kappa shape index (κ2) is 9.77. The van der Waals surface area contributed by atoms with Crippen molar-refractivity contribution in [3.63, 3.8) is 0 Å². The van der Waals surface area contributed by atoms with Crippen molar-refractivity contribution < 1.29 is 37.5 Å². The van der Waals surface area contributed by atoms with Crippen LogP contribution in [0.2, 0.25) is 0 Å². The quantitative estimate of drug-likeness (QED) is 0.507. The van der Waals surface area contributed by atoms with E-state index in [4.69, 9.17) is 0 Å². The molecule has 0 aromatic rings. The summed E-state index contributed by atoms with van der Waals surface area (Å²) in [5.41, 5.74) is 0. The minimum absolute atomic E-state index is 0. The van der Waals surface area contributed by atoms with Crippen LogP contribution in [0.5, 0.6) is 0 Å². The van der Waals surface area contributed by atoms with Gasteiger partial charge in [0.1, 0.15) is 5.78 Å². The van der Waals surface area contributed by atoms with Crippen LogP contribution in [0.25, 0.3) is 0 Å². The summed E-state index contributed by atoms with van der Waals surface area (Å²) >= 11 is 0. The van der Waals surface area contributed by atoms with E-state index in [0.717, 1.165) is 19.3 Å². The van der Waals surface area contributed by atoms with Crippen molar-refractivity contribution in [2.45, 2.75) is 32.6 Å². The molecule has 0 heterocycles. The minimum atomic E-state index is 0. The number of rotatable bonds is 5. The van der Waals surface area contributed by atoms with E-state index < -0.39 is 0 Å². The van der Waals surface area contributed by atoms with Gasteiger partial charge < -0.3 is 18.1 Å². The molecule has 0 unspecified atom stereocenters. The molecule has 0 spiro atoms. The van der Waals surface area contributed by atoms with Crippen LogP contribution in [-0.4, -0.2) is 5.78 Å². The van der Waals surface area contributed by atoms with Gasteiger partial charge in [-0.05, 0) is 13.3 Å². The second-order valence-corrected chi connectivity index (χ2v) is 2.17. The maximum Gasteiger partial charge on any atom is 0.127 e. The fraction of sp³-hybridized carbons (Fsp3) is 0.625. The Morgan fingerprint density at radius 3 is 2.50 bits per heavy atom. The first-order chi connectivity index (χ1) is 4.27. The number of unbranched alkanes of at least 4 members (excludes halogenated alkanes) is 3. The zero-order valence-electron chi connectivity index (χ0n) is 6.60. The minimum Gasteiger partial charge on any atom is -0.346 e. The molecule has 0 aliphatic carbocycles. The predicted octanol–water partition coefficient (Wildman–Crippen LogP) is 2.17. The molecule has 0 saturated carbocycles. The van der Waals surface area contributed by atoms with Crippen LogP contribution in [-0.2, 0) is 37.5 Å². The summed E-state index contributed by atoms with van der Waals surface area (Å²) in [4.78, 5) is 10.4. The Morgan fingerprint density at radius 1 is 1.50 bits per heavy atom. The molecule has 1 nitrogen and oxygen atoms in total. The smallest absolute Gasteiger partial charge is 0.127 e. The third kappa shape index (κ3) is 11.6. The van der Waals surface area contributed by atoms with Gasteiger partial charge in [0.05, 0.1) is 0 Å². The van der Waals surface area contributed by atoms with Crippen molar-refractivity contribution in [1.82, 2.24) is 0 Å². The van der Waals surface area contributed by atoms with Crippen molar-refractivity contribution in [2.75, 3.05) is 0 Å². The Morgan fingerprint density at radius 2 is 2.10 bits per heavy atom. The van der Waals surface area contributed by atoms with Crippen LogP contribution in [0, 0.1) is 13.3 Å². The monoisotopic (exact) mass is 215 g/mol. The molecule has 0 fully saturated rings. The van der Waals surface area contributed by atoms with E-state index in [2.05, 4.69) is 13.3 Å². The Kier molecular flexibility index (Phi) is 13.1. The number of carbonyl (C=O) groups is 1. The molecule has 1 radical (unpaired) electrons. The van der Waals surface area contributed by atoms with Gasteiger partial charge in [0.25, 0.3) is 0 Å². The van der Waals surface area contributed by atoms with Gasteiger partial charge in [0, 0.05) is 32.7 Å². The summed E-state index contributed by atoms with van der Waals surface area (Å²) < 4.78 is 0. The molecule has 2 heteroatoms. The molecule has 0 saturated heterocycles. The molecule has 0 N–H and O–H groups in total. The molecule has 0 aliphatic heterocycles. The Labute approximate surface area is 88.8 Å². The molecule has 0 amide bonds. The topological polar surface area (TPSA) is 17.1 Å². The molecule has 0 aromatic heterocycles. The summed E-state index contributed by atoms with van der Waals surface area (Å²) in [6.07, 6.45) is 5.71. The van der Waals surface area contributed by atoms with Crippen LogP contribution in [0.15, 0.2) is 0 Å². The third-order valence-corrected chi connectivity index (χ3v) is 1.11. The van der Waals surface area contributed by atoms with E-state index >= 15 is 0 Å². The van der Waals surface area contributed by atoms with Crippen molar-refractivity contribution >= 4 is 5.78 Å². The van der Waals surface area contributed by atoms with Gasteiger partial charge >= 0.3 is 0 Å². The van der Waals surface area contributed by atoms with Crippen molar-refractivity contribution in [3.05, 3.63) is 13.3 Å². The summed E-state index contributed by atoms with van der Waals surface area (Å²) in [5, 5.41) is 0. The first-order valence-corrected chi connectivity index (χ1v) is 3.37. The molecule has 0 rings (SSSR count). The fourth-order valence-electron chi connectivity index (χ4n) is 0.594. The molecule has 0 aliphatic rings. The Balaban J connectivity index is 0. The van der Waals surface area contributed by atoms with Gasteiger partial charge in [-0.15, -0.1) is 0 Å². The second-order valence-electron chi connectivity index (χ2n) is 2.17. The van der Waals surface area contributed by atoms with Gasteiger partial charge in [-0.25, -0.2) is 12.8 Å². The van der Waals surface area contributed by atoms with Gasteiger partial charge in [-0.1, -0.05) is 0 Å². The maximum absolute atomic E-state index is 10.4. The van der Waals surface area contributed by atoms with Gasteiger partial charge in [0.15, 0.2) is 0 Å². The molecule has 0 aromatic carbocycles.